The molecule has 0 bridgehead atoms. The number of fused-ring (bicyclic) bond motifs is 1. The number of hydrogen-bond acceptors (Lipinski definition) is 4. The quantitative estimate of drug-likeness (QED) is 0.271. The van der Waals surface area contributed by atoms with E-state index in [1.165, 1.54) is 12.1 Å². The van der Waals surface area contributed by atoms with Crippen LogP contribution in [-0.2, 0) is 17.8 Å². The molecule has 1 atom stereocenters. The Balaban J connectivity index is 1.60. The molecular weight excluding hydrogens is 479 g/mol. The van der Waals surface area contributed by atoms with E-state index in [2.05, 4.69) is 43.3 Å². The summed E-state index contributed by atoms with van der Waals surface area (Å²) in [5, 5.41) is 13.3. The van der Waals surface area contributed by atoms with Crippen LogP contribution in [0.2, 0.25) is 0 Å². The Morgan fingerprint density at radius 2 is 1.71 bits per heavy atom. The maximum Gasteiger partial charge on any atom is 0.239 e. The molecule has 1 amide bonds. The number of nitrogens with two attached hydrogens (primary N) is 1. The van der Waals surface area contributed by atoms with Crippen molar-refractivity contribution in [1.29, 1.82) is 0 Å². The highest BCUT2D eigenvalue weighted by Crippen LogP contribution is 2.31. The van der Waals surface area contributed by atoms with Gasteiger partial charge in [0.2, 0.25) is 5.91 Å². The van der Waals surface area contributed by atoms with Crippen LogP contribution in [0, 0.1) is 5.82 Å². The van der Waals surface area contributed by atoms with Gasteiger partial charge in [0.05, 0.1) is 18.0 Å². The topological polar surface area (TPSA) is 102 Å². The van der Waals surface area contributed by atoms with Crippen molar-refractivity contribution in [3.63, 3.8) is 0 Å². The number of carbonyl (C=O) groups excluding carboxylic acids is 1. The number of aromatic amines is 1. The minimum atomic E-state index is -1.02. The first-order valence-electron chi connectivity index (χ1n) is 12.6. The lowest BCUT2D eigenvalue weighted by molar-refractivity contribution is -0.125. The number of nitrogens with one attached hydrogen (secondary N) is 2. The lowest BCUT2D eigenvalue weighted by Gasteiger charge is -2.23. The number of hydrogen-bond donors (Lipinski definition) is 3. The van der Waals surface area contributed by atoms with Crippen molar-refractivity contribution in [1.82, 2.24) is 25.1 Å². The van der Waals surface area contributed by atoms with Gasteiger partial charge in [0, 0.05) is 30.1 Å². The number of H-pyrrole nitrogens is 1. The standard InChI is InChI=1S/C30H31FN6O/c1-30(2,32)29(38)34-18-25(24-17-33-26-11-7-6-10-23(24)26)28-36-35-27(16-20-8-4-3-5-9-20)37(28)19-21-12-14-22(31)15-13-21/h3-15,17,25,33H,16,18-19,32H2,1-2H3,(H,34,38). The van der Waals surface area contributed by atoms with Gasteiger partial charge in [0.1, 0.15) is 17.5 Å². The molecule has 5 aromatic rings. The van der Waals surface area contributed by atoms with Crippen molar-refractivity contribution in [2.45, 2.75) is 38.3 Å². The molecule has 0 fully saturated rings. The number of rotatable bonds is 9. The average molecular weight is 511 g/mol. The Bertz CT molecular complexity index is 1530. The predicted molar refractivity (Wildman–Crippen MR) is 146 cm³/mol. The second-order valence-corrected chi connectivity index (χ2v) is 10.1. The molecule has 0 aliphatic heterocycles. The van der Waals surface area contributed by atoms with E-state index in [4.69, 9.17) is 5.73 Å². The highest BCUT2D eigenvalue weighted by molar-refractivity contribution is 5.86. The Labute approximate surface area is 220 Å². The summed E-state index contributed by atoms with van der Waals surface area (Å²) in [5.41, 5.74) is 9.06. The van der Waals surface area contributed by atoms with Crippen LogP contribution in [0.3, 0.4) is 0 Å². The molecule has 0 saturated carbocycles. The molecule has 2 aromatic heterocycles. The van der Waals surface area contributed by atoms with E-state index in [1.54, 1.807) is 26.0 Å². The molecule has 0 spiro atoms. The predicted octanol–water partition coefficient (Wildman–Crippen LogP) is 4.52. The van der Waals surface area contributed by atoms with Gasteiger partial charge in [-0.05, 0) is 48.7 Å². The molecule has 4 N–H and O–H groups in total. The second kappa shape index (κ2) is 10.6. The zero-order valence-corrected chi connectivity index (χ0v) is 21.5. The number of carbonyl (C=O) groups is 1. The highest BCUT2D eigenvalue weighted by atomic mass is 19.1. The van der Waals surface area contributed by atoms with Gasteiger partial charge in [-0.1, -0.05) is 60.7 Å². The summed E-state index contributed by atoms with van der Waals surface area (Å²) < 4.78 is 15.7. The van der Waals surface area contributed by atoms with Gasteiger partial charge in [-0.3, -0.25) is 4.79 Å². The Morgan fingerprint density at radius 3 is 2.45 bits per heavy atom. The monoisotopic (exact) mass is 510 g/mol. The largest absolute Gasteiger partial charge is 0.361 e. The maximum atomic E-state index is 13.7. The van der Waals surface area contributed by atoms with Crippen LogP contribution < -0.4 is 11.1 Å². The van der Waals surface area contributed by atoms with Gasteiger partial charge in [-0.15, -0.1) is 10.2 Å². The van der Waals surface area contributed by atoms with Gasteiger partial charge in [0.25, 0.3) is 0 Å². The van der Waals surface area contributed by atoms with Crippen molar-refractivity contribution in [3.05, 3.63) is 119 Å². The molecular formula is C30H31FN6O. The summed E-state index contributed by atoms with van der Waals surface area (Å²) in [6.07, 6.45) is 2.54. The third-order valence-corrected chi connectivity index (χ3v) is 6.68. The number of amides is 1. The molecule has 0 radical (unpaired) electrons. The fraction of sp³-hybridized carbons (Fsp3) is 0.233. The van der Waals surface area contributed by atoms with E-state index >= 15 is 0 Å². The van der Waals surface area contributed by atoms with Gasteiger partial charge in [-0.2, -0.15) is 0 Å². The van der Waals surface area contributed by atoms with Crippen LogP contribution in [-0.4, -0.2) is 37.7 Å². The molecule has 3 aromatic carbocycles. The average Bonchev–Trinajstić information content (AvgIpc) is 3.50. The zero-order valence-electron chi connectivity index (χ0n) is 21.5. The number of para-hydroxylation sites is 1. The molecule has 2 heterocycles. The van der Waals surface area contributed by atoms with Gasteiger partial charge in [0.15, 0.2) is 0 Å². The summed E-state index contributed by atoms with van der Waals surface area (Å²) in [6.45, 7) is 4.10. The highest BCUT2D eigenvalue weighted by Gasteiger charge is 2.28. The second-order valence-electron chi connectivity index (χ2n) is 10.1. The minimum Gasteiger partial charge on any atom is -0.361 e. The number of halogens is 1. The van der Waals surface area contributed by atoms with Crippen molar-refractivity contribution in [2.75, 3.05) is 6.54 Å². The number of aromatic nitrogens is 4. The van der Waals surface area contributed by atoms with Gasteiger partial charge < -0.3 is 20.6 Å². The first-order valence-corrected chi connectivity index (χ1v) is 12.6. The third-order valence-electron chi connectivity index (χ3n) is 6.68. The lowest BCUT2D eigenvalue weighted by atomic mass is 9.96. The van der Waals surface area contributed by atoms with Crippen molar-refractivity contribution < 1.29 is 9.18 Å². The minimum absolute atomic E-state index is 0.253. The van der Waals surface area contributed by atoms with Crippen molar-refractivity contribution in [3.8, 4) is 0 Å². The molecule has 7 nitrogen and oxygen atoms in total. The van der Waals surface area contributed by atoms with Crippen molar-refractivity contribution >= 4 is 16.8 Å². The maximum absolute atomic E-state index is 13.7. The zero-order chi connectivity index (χ0) is 26.7. The van der Waals surface area contributed by atoms with Gasteiger partial charge >= 0.3 is 0 Å². The fourth-order valence-corrected chi connectivity index (χ4v) is 4.61. The van der Waals surface area contributed by atoms with Crippen LogP contribution in [0.4, 0.5) is 4.39 Å². The van der Waals surface area contributed by atoms with E-state index in [-0.39, 0.29) is 24.2 Å². The van der Waals surface area contributed by atoms with Crippen LogP contribution in [0.1, 0.15) is 48.1 Å². The van der Waals surface area contributed by atoms with E-state index in [1.807, 2.05) is 42.6 Å². The Hall–Kier alpha value is -4.30. The summed E-state index contributed by atoms with van der Waals surface area (Å²) in [7, 11) is 0. The van der Waals surface area contributed by atoms with Crippen LogP contribution in [0.25, 0.3) is 10.9 Å². The van der Waals surface area contributed by atoms with Gasteiger partial charge in [-0.25, -0.2) is 4.39 Å². The molecule has 0 aliphatic rings. The Kier molecular flexibility index (Phi) is 7.07. The van der Waals surface area contributed by atoms with Crippen LogP contribution in [0.15, 0.2) is 85.1 Å². The van der Waals surface area contributed by atoms with E-state index in [0.29, 0.717) is 18.8 Å². The van der Waals surface area contributed by atoms with Crippen LogP contribution in [0.5, 0.6) is 0 Å². The fourth-order valence-electron chi connectivity index (χ4n) is 4.61. The Morgan fingerprint density at radius 1 is 1.00 bits per heavy atom. The molecule has 1 unspecified atom stereocenters. The SMILES string of the molecule is CC(C)(N)C(=O)NCC(c1c[nH]c2ccccc12)c1nnc(Cc2ccccc2)n1Cc1ccc(F)cc1. The first kappa shape index (κ1) is 25.4. The van der Waals surface area contributed by atoms with E-state index in [0.717, 1.165) is 33.4 Å². The first-order chi connectivity index (χ1) is 18.3. The van der Waals surface area contributed by atoms with Crippen molar-refractivity contribution in [2.24, 2.45) is 5.73 Å². The number of benzene rings is 3. The number of nitrogens with zero attached hydrogens (tertiary/aromatic N) is 3. The molecule has 5 rings (SSSR count). The summed E-state index contributed by atoms with van der Waals surface area (Å²) in [4.78, 5) is 16.1. The van der Waals surface area contributed by atoms with E-state index < -0.39 is 5.54 Å². The molecule has 0 aliphatic carbocycles. The lowest BCUT2D eigenvalue weighted by Crippen LogP contribution is -2.50. The third kappa shape index (κ3) is 5.50. The molecule has 194 valence electrons. The summed E-state index contributed by atoms with van der Waals surface area (Å²) in [6, 6.07) is 24.6. The smallest absolute Gasteiger partial charge is 0.239 e. The van der Waals surface area contributed by atoms with E-state index in [9.17, 15) is 9.18 Å². The molecule has 38 heavy (non-hydrogen) atoms. The summed E-state index contributed by atoms with van der Waals surface area (Å²) in [5.74, 6) is 0.642. The molecule has 0 saturated heterocycles. The normalized spacial score (nSPS) is 12.5. The molecule has 8 heteroatoms. The van der Waals surface area contributed by atoms with Crippen LogP contribution >= 0.6 is 0 Å². The summed E-state index contributed by atoms with van der Waals surface area (Å²) >= 11 is 0.